The minimum Gasteiger partial charge on any atom is -0.466 e. The molecule has 170 valence electrons. The molecule has 0 aromatic heterocycles. The second-order valence-electron chi connectivity index (χ2n) is 11.6. The zero-order valence-electron chi connectivity index (χ0n) is 19.5. The molecule has 4 saturated carbocycles. The molecule has 0 aliphatic heterocycles. The van der Waals surface area contributed by atoms with Crippen LogP contribution in [0.25, 0.3) is 0 Å². The highest BCUT2D eigenvalue weighted by atomic mass is 16.5. The van der Waals surface area contributed by atoms with E-state index in [1.54, 1.807) is 0 Å². The van der Waals surface area contributed by atoms with Gasteiger partial charge in [-0.2, -0.15) is 0 Å². The van der Waals surface area contributed by atoms with E-state index in [1.807, 2.05) is 6.92 Å². The molecule has 1 spiro atoms. The molecule has 0 amide bonds. The Bertz CT molecular complexity index is 720. The van der Waals surface area contributed by atoms with E-state index in [4.69, 9.17) is 9.47 Å². The van der Waals surface area contributed by atoms with Gasteiger partial charge in [0.05, 0.1) is 24.7 Å². The van der Waals surface area contributed by atoms with Gasteiger partial charge in [0.15, 0.2) is 0 Å². The number of rotatable bonds is 4. The Kier molecular flexibility index (Phi) is 5.32. The van der Waals surface area contributed by atoms with Crippen LogP contribution in [0, 0.1) is 39.4 Å². The first kappa shape index (κ1) is 22.1. The Balaban J connectivity index is 1.71. The quantitative estimate of drug-likeness (QED) is 0.678. The number of aliphatic hydroxyl groups is 1. The Labute approximate surface area is 181 Å². The molecule has 0 radical (unpaired) electrons. The second kappa shape index (κ2) is 7.21. The zero-order valence-corrected chi connectivity index (χ0v) is 19.5. The Hall–Kier alpha value is -1.10. The molecule has 5 heteroatoms. The summed E-state index contributed by atoms with van der Waals surface area (Å²) in [6.45, 7) is 10.9. The van der Waals surface area contributed by atoms with E-state index < -0.39 is 11.5 Å². The summed E-state index contributed by atoms with van der Waals surface area (Å²) in [5.41, 5.74) is -0.463. The van der Waals surface area contributed by atoms with Crippen molar-refractivity contribution in [3.63, 3.8) is 0 Å². The van der Waals surface area contributed by atoms with Crippen molar-refractivity contribution in [1.82, 2.24) is 0 Å². The summed E-state index contributed by atoms with van der Waals surface area (Å²) in [5, 5.41) is 11.3. The van der Waals surface area contributed by atoms with Crippen LogP contribution in [0.1, 0.15) is 86.0 Å². The maximum Gasteiger partial charge on any atom is 0.312 e. The van der Waals surface area contributed by atoms with Crippen molar-refractivity contribution >= 4 is 11.9 Å². The lowest BCUT2D eigenvalue weighted by atomic mass is 9.39. The van der Waals surface area contributed by atoms with Gasteiger partial charge in [-0.15, -0.1) is 0 Å². The molecule has 0 aromatic rings. The van der Waals surface area contributed by atoms with Crippen LogP contribution in [-0.2, 0) is 19.1 Å². The summed E-state index contributed by atoms with van der Waals surface area (Å²) >= 11 is 0. The molecule has 2 bridgehead atoms. The minimum absolute atomic E-state index is 0.0000275. The Morgan fingerprint density at radius 3 is 2.37 bits per heavy atom. The molecular formula is C25H40O5. The second-order valence-corrected chi connectivity index (χ2v) is 11.6. The fourth-order valence-electron chi connectivity index (χ4n) is 9.00. The van der Waals surface area contributed by atoms with Crippen LogP contribution in [0.15, 0.2) is 0 Å². The highest BCUT2D eigenvalue weighted by Crippen LogP contribution is 2.75. The van der Waals surface area contributed by atoms with Gasteiger partial charge in [0.1, 0.15) is 0 Å². The maximum atomic E-state index is 13.1. The fraction of sp³-hybridized carbons (Fsp3) is 0.920. The molecule has 0 heterocycles. The number of esters is 2. The van der Waals surface area contributed by atoms with Crippen LogP contribution < -0.4 is 0 Å². The van der Waals surface area contributed by atoms with E-state index in [2.05, 4.69) is 20.8 Å². The predicted molar refractivity (Wildman–Crippen MR) is 113 cm³/mol. The average molecular weight is 421 g/mol. The normalized spacial score (nSPS) is 49.7. The summed E-state index contributed by atoms with van der Waals surface area (Å²) in [7, 11) is 0. The van der Waals surface area contributed by atoms with Crippen LogP contribution in [0.3, 0.4) is 0 Å². The molecule has 4 fully saturated rings. The van der Waals surface area contributed by atoms with E-state index in [1.165, 1.54) is 6.92 Å². The molecule has 0 unspecified atom stereocenters. The number of hydrogen-bond donors (Lipinski definition) is 1. The smallest absolute Gasteiger partial charge is 0.312 e. The fourth-order valence-corrected chi connectivity index (χ4v) is 9.00. The first-order valence-corrected chi connectivity index (χ1v) is 12.0. The van der Waals surface area contributed by atoms with Gasteiger partial charge in [-0.05, 0) is 86.9 Å². The summed E-state index contributed by atoms with van der Waals surface area (Å²) in [6.07, 6.45) is 7.76. The molecular weight excluding hydrogens is 380 g/mol. The van der Waals surface area contributed by atoms with Crippen LogP contribution in [-0.4, -0.2) is 36.4 Å². The lowest BCUT2D eigenvalue weighted by molar-refractivity contribution is -0.194. The molecule has 0 aromatic carbocycles. The van der Waals surface area contributed by atoms with E-state index in [0.29, 0.717) is 25.0 Å². The topological polar surface area (TPSA) is 72.8 Å². The number of hydrogen-bond acceptors (Lipinski definition) is 5. The van der Waals surface area contributed by atoms with Gasteiger partial charge in [-0.1, -0.05) is 20.3 Å². The van der Waals surface area contributed by atoms with Crippen LogP contribution in [0.5, 0.6) is 0 Å². The van der Waals surface area contributed by atoms with Crippen molar-refractivity contribution in [3.8, 4) is 0 Å². The predicted octanol–water partition coefficient (Wildman–Crippen LogP) is 4.50. The average Bonchev–Trinajstić information content (AvgIpc) is 2.81. The standard InChI is InChI=1S/C25H40O5/c1-6-29-21(28)24(5)11-7-10-23(4)18(24)9-13-25-15-22(3,12-8-19(23)25)20(27)17(25)14-30-16(2)26/h17-20,27H,6-15H2,1-5H3/t17-,18+,19+,20-,22+,23-,24-,25-/m1/s1. The Morgan fingerprint density at radius 2 is 1.70 bits per heavy atom. The van der Waals surface area contributed by atoms with Crippen molar-refractivity contribution in [3.05, 3.63) is 0 Å². The van der Waals surface area contributed by atoms with Crippen molar-refractivity contribution < 1.29 is 24.2 Å². The molecule has 4 aliphatic carbocycles. The minimum atomic E-state index is -0.429. The first-order valence-electron chi connectivity index (χ1n) is 12.0. The molecule has 4 rings (SSSR count). The van der Waals surface area contributed by atoms with Crippen molar-refractivity contribution in [2.24, 2.45) is 39.4 Å². The number of ether oxygens (including phenoxy) is 2. The van der Waals surface area contributed by atoms with Crippen LogP contribution in [0.2, 0.25) is 0 Å². The SMILES string of the molecule is CCOC(=O)[C@]1(C)CCC[C@@]2(C)[C@@H]3CC[C@@]4(C)C[C@]3(CC[C@@H]21)[C@H](COC(C)=O)[C@H]4O. The first-order chi connectivity index (χ1) is 14.0. The molecule has 1 N–H and O–H groups in total. The molecule has 8 atom stereocenters. The van der Waals surface area contributed by atoms with Gasteiger partial charge in [0.25, 0.3) is 0 Å². The summed E-state index contributed by atoms with van der Waals surface area (Å²) in [5.74, 6) is 0.454. The number of fused-ring (bicyclic) bond motifs is 3. The third-order valence-corrected chi connectivity index (χ3v) is 10.1. The lowest BCUT2D eigenvalue weighted by Gasteiger charge is -2.64. The van der Waals surface area contributed by atoms with Gasteiger partial charge < -0.3 is 14.6 Å². The van der Waals surface area contributed by atoms with E-state index in [0.717, 1.165) is 51.4 Å². The zero-order chi connectivity index (χ0) is 21.9. The number of carbonyl (C=O) groups is 2. The van der Waals surface area contributed by atoms with Crippen LogP contribution in [0.4, 0.5) is 0 Å². The van der Waals surface area contributed by atoms with Gasteiger partial charge in [0.2, 0.25) is 0 Å². The highest BCUT2D eigenvalue weighted by Gasteiger charge is 2.71. The molecule has 0 saturated heterocycles. The van der Waals surface area contributed by atoms with E-state index in [9.17, 15) is 14.7 Å². The van der Waals surface area contributed by atoms with Gasteiger partial charge >= 0.3 is 11.9 Å². The summed E-state index contributed by atoms with van der Waals surface area (Å²) in [4.78, 5) is 24.7. The van der Waals surface area contributed by atoms with Crippen molar-refractivity contribution in [2.45, 2.75) is 92.1 Å². The van der Waals surface area contributed by atoms with Crippen LogP contribution >= 0.6 is 0 Å². The molecule has 30 heavy (non-hydrogen) atoms. The molecule has 5 nitrogen and oxygen atoms in total. The largest absolute Gasteiger partial charge is 0.466 e. The summed E-state index contributed by atoms with van der Waals surface area (Å²) in [6, 6.07) is 0. The van der Waals surface area contributed by atoms with Crippen molar-refractivity contribution in [1.29, 1.82) is 0 Å². The highest BCUT2D eigenvalue weighted by molar-refractivity contribution is 5.77. The number of carbonyl (C=O) groups excluding carboxylic acids is 2. The maximum absolute atomic E-state index is 13.1. The van der Waals surface area contributed by atoms with Gasteiger partial charge in [-0.25, -0.2) is 0 Å². The van der Waals surface area contributed by atoms with Gasteiger partial charge in [-0.3, -0.25) is 9.59 Å². The van der Waals surface area contributed by atoms with Gasteiger partial charge in [0, 0.05) is 12.8 Å². The lowest BCUT2D eigenvalue weighted by Crippen LogP contribution is -2.60. The summed E-state index contributed by atoms with van der Waals surface area (Å²) < 4.78 is 11.1. The molecule has 4 aliphatic rings. The third-order valence-electron chi connectivity index (χ3n) is 10.1. The van der Waals surface area contributed by atoms with E-state index >= 15 is 0 Å². The Morgan fingerprint density at radius 1 is 1.00 bits per heavy atom. The monoisotopic (exact) mass is 420 g/mol. The third kappa shape index (κ3) is 2.90. The van der Waals surface area contributed by atoms with Crippen molar-refractivity contribution in [2.75, 3.05) is 13.2 Å². The van der Waals surface area contributed by atoms with E-state index in [-0.39, 0.29) is 34.1 Å². The number of aliphatic hydroxyl groups excluding tert-OH is 1.